The quantitative estimate of drug-likeness (QED) is 0.276. The molecule has 1 rings (SSSR count). The van der Waals surface area contributed by atoms with E-state index < -0.39 is 6.61 Å². The summed E-state index contributed by atoms with van der Waals surface area (Å²) >= 11 is 0. The number of hydrogen-bond donors (Lipinski definition) is 2. The molecule has 0 unspecified atom stereocenters. The fraction of sp³-hybridized carbons (Fsp3) is 0.650. The highest BCUT2D eigenvalue weighted by molar-refractivity contribution is 5.79. The molecule has 166 valence electrons. The van der Waals surface area contributed by atoms with Crippen molar-refractivity contribution in [1.82, 2.24) is 15.5 Å². The normalized spacial score (nSPS) is 11.8. The summed E-state index contributed by atoms with van der Waals surface area (Å²) in [7, 11) is 3.77. The van der Waals surface area contributed by atoms with Gasteiger partial charge in [0.05, 0.1) is 13.2 Å². The maximum Gasteiger partial charge on any atom is 0.387 e. The Kier molecular flexibility index (Phi) is 12.7. The first-order valence-electron chi connectivity index (χ1n) is 9.90. The van der Waals surface area contributed by atoms with Gasteiger partial charge >= 0.3 is 6.61 Å². The number of guanidine groups is 1. The van der Waals surface area contributed by atoms with Crippen LogP contribution in [0.2, 0.25) is 0 Å². The third-order valence-corrected chi connectivity index (χ3v) is 3.96. The van der Waals surface area contributed by atoms with E-state index in [2.05, 4.69) is 32.3 Å². The zero-order valence-electron chi connectivity index (χ0n) is 17.8. The van der Waals surface area contributed by atoms with E-state index in [1.165, 1.54) is 6.07 Å². The SMILES string of the molecule is CCNC(=NCc1ccc(OC(F)F)c(OCC)c1)NCCN(C)CCCOC. The number of nitrogens with one attached hydrogen (secondary N) is 2. The van der Waals surface area contributed by atoms with E-state index in [1.807, 2.05) is 6.92 Å². The molecule has 0 saturated carbocycles. The van der Waals surface area contributed by atoms with Crippen molar-refractivity contribution in [2.24, 2.45) is 4.99 Å². The Morgan fingerprint density at radius 2 is 1.97 bits per heavy atom. The summed E-state index contributed by atoms with van der Waals surface area (Å²) in [6.07, 6.45) is 0.995. The molecule has 0 aliphatic heterocycles. The maximum atomic E-state index is 12.5. The molecular weight excluding hydrogens is 382 g/mol. The highest BCUT2D eigenvalue weighted by Crippen LogP contribution is 2.30. The summed E-state index contributed by atoms with van der Waals surface area (Å²) in [6.45, 7) is 5.72. The van der Waals surface area contributed by atoms with Crippen molar-refractivity contribution in [2.45, 2.75) is 33.4 Å². The number of halogens is 2. The molecule has 0 amide bonds. The van der Waals surface area contributed by atoms with Crippen molar-refractivity contribution in [2.75, 3.05) is 53.6 Å². The third-order valence-electron chi connectivity index (χ3n) is 3.96. The summed E-state index contributed by atoms with van der Waals surface area (Å²) in [6, 6.07) is 4.87. The van der Waals surface area contributed by atoms with Crippen LogP contribution in [0.3, 0.4) is 0 Å². The Hall–Kier alpha value is -2.13. The number of alkyl halides is 2. The third kappa shape index (κ3) is 10.8. The van der Waals surface area contributed by atoms with Crippen molar-refractivity contribution in [1.29, 1.82) is 0 Å². The fourth-order valence-electron chi connectivity index (χ4n) is 2.58. The highest BCUT2D eigenvalue weighted by Gasteiger charge is 2.11. The molecule has 9 heteroatoms. The lowest BCUT2D eigenvalue weighted by Gasteiger charge is -2.18. The van der Waals surface area contributed by atoms with Crippen LogP contribution in [-0.4, -0.2) is 71.0 Å². The van der Waals surface area contributed by atoms with Crippen LogP contribution in [-0.2, 0) is 11.3 Å². The van der Waals surface area contributed by atoms with Crippen LogP contribution >= 0.6 is 0 Å². The molecule has 0 spiro atoms. The van der Waals surface area contributed by atoms with E-state index in [0.717, 1.165) is 44.8 Å². The lowest BCUT2D eigenvalue weighted by Crippen LogP contribution is -2.41. The van der Waals surface area contributed by atoms with E-state index in [4.69, 9.17) is 9.47 Å². The molecule has 0 aliphatic carbocycles. The lowest BCUT2D eigenvalue weighted by atomic mass is 10.2. The van der Waals surface area contributed by atoms with Crippen LogP contribution in [0.1, 0.15) is 25.8 Å². The predicted octanol–water partition coefficient (Wildman–Crippen LogP) is 2.71. The fourth-order valence-corrected chi connectivity index (χ4v) is 2.58. The molecule has 29 heavy (non-hydrogen) atoms. The first-order valence-corrected chi connectivity index (χ1v) is 9.90. The number of aliphatic imine (C=N–C) groups is 1. The first kappa shape index (κ1) is 24.9. The number of ether oxygens (including phenoxy) is 3. The Morgan fingerprint density at radius 3 is 2.62 bits per heavy atom. The summed E-state index contributed by atoms with van der Waals surface area (Å²) in [5, 5.41) is 6.50. The predicted molar refractivity (Wildman–Crippen MR) is 111 cm³/mol. The van der Waals surface area contributed by atoms with E-state index in [1.54, 1.807) is 26.2 Å². The lowest BCUT2D eigenvalue weighted by molar-refractivity contribution is -0.0514. The van der Waals surface area contributed by atoms with Crippen LogP contribution in [0, 0.1) is 0 Å². The number of hydrogen-bond acceptors (Lipinski definition) is 5. The number of likely N-dealkylation sites (N-methyl/N-ethyl adjacent to an activating group) is 1. The maximum absolute atomic E-state index is 12.5. The van der Waals surface area contributed by atoms with Gasteiger partial charge in [-0.25, -0.2) is 4.99 Å². The van der Waals surface area contributed by atoms with Crippen LogP contribution in [0.5, 0.6) is 11.5 Å². The molecule has 7 nitrogen and oxygen atoms in total. The van der Waals surface area contributed by atoms with Crippen LogP contribution in [0.15, 0.2) is 23.2 Å². The van der Waals surface area contributed by atoms with Crippen molar-refractivity contribution in [3.05, 3.63) is 23.8 Å². The first-order chi connectivity index (χ1) is 14.0. The van der Waals surface area contributed by atoms with Crippen molar-refractivity contribution in [3.63, 3.8) is 0 Å². The summed E-state index contributed by atoms with van der Waals surface area (Å²) in [5.41, 5.74) is 0.837. The zero-order valence-corrected chi connectivity index (χ0v) is 17.8. The molecule has 1 aromatic rings. The standard InChI is InChI=1S/C20H34F2N4O3/c1-5-23-20(24-10-12-26(3)11-7-13-27-4)25-15-16-8-9-17(29-19(21)22)18(14-16)28-6-2/h8-9,14,19H,5-7,10-13,15H2,1-4H3,(H2,23,24,25). The molecule has 0 atom stereocenters. The minimum absolute atomic E-state index is 0.0242. The van der Waals surface area contributed by atoms with Gasteiger partial charge in [-0.2, -0.15) is 8.78 Å². The molecule has 0 aliphatic rings. The van der Waals surface area contributed by atoms with Gasteiger partial charge in [0.25, 0.3) is 0 Å². The minimum Gasteiger partial charge on any atom is -0.490 e. The molecule has 0 aromatic heterocycles. The number of nitrogens with zero attached hydrogens (tertiary/aromatic N) is 2. The molecule has 2 N–H and O–H groups in total. The van der Waals surface area contributed by atoms with Crippen LogP contribution < -0.4 is 20.1 Å². The van der Waals surface area contributed by atoms with Crippen LogP contribution in [0.25, 0.3) is 0 Å². The number of rotatable bonds is 14. The van der Waals surface area contributed by atoms with E-state index in [9.17, 15) is 8.78 Å². The van der Waals surface area contributed by atoms with E-state index >= 15 is 0 Å². The van der Waals surface area contributed by atoms with E-state index in [0.29, 0.717) is 19.1 Å². The Balaban J connectivity index is 2.64. The van der Waals surface area contributed by atoms with Gasteiger partial charge in [-0.3, -0.25) is 0 Å². The molecule has 1 aromatic carbocycles. The monoisotopic (exact) mass is 416 g/mol. The second-order valence-corrected chi connectivity index (χ2v) is 6.36. The molecule has 0 saturated heterocycles. The Labute approximate surface area is 172 Å². The topological polar surface area (TPSA) is 67.4 Å². The van der Waals surface area contributed by atoms with Gasteiger partial charge in [0.1, 0.15) is 0 Å². The van der Waals surface area contributed by atoms with Gasteiger partial charge in [-0.15, -0.1) is 0 Å². The second kappa shape index (κ2) is 14.8. The summed E-state index contributed by atoms with van der Waals surface area (Å²) < 4.78 is 40.0. The second-order valence-electron chi connectivity index (χ2n) is 6.36. The average Bonchev–Trinajstić information content (AvgIpc) is 2.68. The van der Waals surface area contributed by atoms with Gasteiger partial charge in [-0.05, 0) is 45.0 Å². The largest absolute Gasteiger partial charge is 0.490 e. The van der Waals surface area contributed by atoms with Gasteiger partial charge in [0.15, 0.2) is 17.5 Å². The van der Waals surface area contributed by atoms with Gasteiger partial charge in [0, 0.05) is 39.9 Å². The molecular formula is C20H34F2N4O3. The minimum atomic E-state index is -2.89. The molecule has 0 radical (unpaired) electrons. The molecule has 0 fully saturated rings. The van der Waals surface area contributed by atoms with Gasteiger partial charge in [-0.1, -0.05) is 6.07 Å². The number of methoxy groups -OCH3 is 1. The average molecular weight is 417 g/mol. The van der Waals surface area contributed by atoms with Gasteiger partial charge < -0.3 is 29.7 Å². The Morgan fingerprint density at radius 1 is 1.17 bits per heavy atom. The smallest absolute Gasteiger partial charge is 0.387 e. The Bertz CT molecular complexity index is 603. The zero-order chi connectivity index (χ0) is 21.5. The van der Waals surface area contributed by atoms with Crippen LogP contribution in [0.4, 0.5) is 8.78 Å². The van der Waals surface area contributed by atoms with Crippen molar-refractivity contribution in [3.8, 4) is 11.5 Å². The summed E-state index contributed by atoms with van der Waals surface area (Å²) in [5.74, 6) is 1.01. The highest BCUT2D eigenvalue weighted by atomic mass is 19.3. The number of benzene rings is 1. The van der Waals surface area contributed by atoms with Gasteiger partial charge in [0.2, 0.25) is 0 Å². The van der Waals surface area contributed by atoms with Crippen molar-refractivity contribution >= 4 is 5.96 Å². The van der Waals surface area contributed by atoms with E-state index in [-0.39, 0.29) is 11.5 Å². The van der Waals surface area contributed by atoms with Crippen molar-refractivity contribution < 1.29 is 23.0 Å². The summed E-state index contributed by atoms with van der Waals surface area (Å²) in [4.78, 5) is 6.79. The molecule has 0 bridgehead atoms. The molecule has 0 heterocycles.